The van der Waals surface area contributed by atoms with Gasteiger partial charge in [-0.15, -0.1) is 4.36 Å². The minimum Gasteiger partial charge on any atom is -0.270 e. The highest BCUT2D eigenvalue weighted by Crippen LogP contribution is 2.14. The summed E-state index contributed by atoms with van der Waals surface area (Å²) in [4.78, 5) is 11.2. The van der Waals surface area contributed by atoms with E-state index in [0.29, 0.717) is 5.75 Å². The molecule has 0 saturated heterocycles. The maximum atomic E-state index is 11.5. The van der Waals surface area contributed by atoms with Crippen LogP contribution < -0.4 is 0 Å². The largest absolute Gasteiger partial charge is 0.360 e. The predicted octanol–water partition coefficient (Wildman–Crippen LogP) is 1.07. The Morgan fingerprint density at radius 2 is 2.42 bits per heavy atom. The summed E-state index contributed by atoms with van der Waals surface area (Å²) in [5.74, 6) is 0.367. The SMILES string of the molecule is CS1(=O)=NC(=O)n2cccc2C1. The van der Waals surface area contributed by atoms with E-state index in [1.165, 1.54) is 10.8 Å². The predicted molar refractivity (Wildman–Crippen MR) is 45.4 cm³/mol. The van der Waals surface area contributed by atoms with Crippen LogP contribution in [0.25, 0.3) is 0 Å². The molecule has 1 aromatic heterocycles. The molecule has 0 aromatic carbocycles. The summed E-state index contributed by atoms with van der Waals surface area (Å²) in [5.41, 5.74) is 0.780. The van der Waals surface area contributed by atoms with Crippen molar-refractivity contribution in [1.82, 2.24) is 4.57 Å². The van der Waals surface area contributed by atoms with Crippen LogP contribution in [0.15, 0.2) is 22.7 Å². The molecule has 0 saturated carbocycles. The van der Waals surface area contributed by atoms with E-state index in [9.17, 15) is 9.00 Å². The first-order chi connectivity index (χ1) is 5.58. The van der Waals surface area contributed by atoms with Crippen molar-refractivity contribution >= 4 is 15.8 Å². The number of hydrogen-bond donors (Lipinski definition) is 0. The van der Waals surface area contributed by atoms with Gasteiger partial charge in [0.05, 0.1) is 15.5 Å². The van der Waals surface area contributed by atoms with Gasteiger partial charge >= 0.3 is 6.03 Å². The van der Waals surface area contributed by atoms with Crippen LogP contribution in [0.4, 0.5) is 4.79 Å². The van der Waals surface area contributed by atoms with Crippen LogP contribution in [0.2, 0.25) is 0 Å². The Balaban J connectivity index is 2.65. The quantitative estimate of drug-likeness (QED) is 0.605. The topological polar surface area (TPSA) is 51.4 Å². The maximum Gasteiger partial charge on any atom is 0.360 e. The maximum absolute atomic E-state index is 11.5. The summed E-state index contributed by atoms with van der Waals surface area (Å²) in [6.07, 6.45) is 3.14. The number of amides is 1. The lowest BCUT2D eigenvalue weighted by Crippen LogP contribution is -2.19. The average Bonchev–Trinajstić information content (AvgIpc) is 2.31. The first kappa shape index (κ1) is 7.54. The van der Waals surface area contributed by atoms with E-state index >= 15 is 0 Å². The lowest BCUT2D eigenvalue weighted by Gasteiger charge is -2.11. The molecule has 0 aliphatic carbocycles. The van der Waals surface area contributed by atoms with Crippen molar-refractivity contribution in [3.63, 3.8) is 0 Å². The minimum atomic E-state index is -2.31. The molecule has 0 N–H and O–H groups in total. The standard InChI is InChI=1S/C7H8N2O2S/c1-12(11)5-6-3-2-4-9(6)7(10)8-12/h2-4H,5H2,1H3. The smallest absolute Gasteiger partial charge is 0.270 e. The van der Waals surface area contributed by atoms with Gasteiger partial charge in [-0.3, -0.25) is 4.57 Å². The van der Waals surface area contributed by atoms with Crippen molar-refractivity contribution in [2.45, 2.75) is 5.75 Å². The van der Waals surface area contributed by atoms with Gasteiger partial charge in [-0.05, 0) is 12.1 Å². The molecule has 1 aliphatic rings. The highest BCUT2D eigenvalue weighted by Gasteiger charge is 2.19. The third kappa shape index (κ3) is 1.06. The van der Waals surface area contributed by atoms with Gasteiger partial charge in [-0.1, -0.05) is 0 Å². The third-order valence-corrected chi connectivity index (χ3v) is 3.10. The van der Waals surface area contributed by atoms with Crippen molar-refractivity contribution in [2.75, 3.05) is 6.26 Å². The molecule has 0 fully saturated rings. The van der Waals surface area contributed by atoms with Crippen LogP contribution in [0.3, 0.4) is 0 Å². The molecular weight excluding hydrogens is 176 g/mol. The summed E-state index contributed by atoms with van der Waals surface area (Å²) < 4.78 is 16.5. The van der Waals surface area contributed by atoms with Crippen molar-refractivity contribution in [3.8, 4) is 0 Å². The number of fused-ring (bicyclic) bond motifs is 1. The Hall–Kier alpha value is -1.10. The highest BCUT2D eigenvalue weighted by molar-refractivity contribution is 7.92. The summed E-state index contributed by atoms with van der Waals surface area (Å²) in [6, 6.07) is 3.12. The second-order valence-electron chi connectivity index (χ2n) is 2.85. The van der Waals surface area contributed by atoms with Gasteiger partial charge < -0.3 is 0 Å². The molecule has 2 heterocycles. The zero-order chi connectivity index (χ0) is 8.77. The van der Waals surface area contributed by atoms with Gasteiger partial charge in [-0.2, -0.15) is 0 Å². The lowest BCUT2D eigenvalue weighted by molar-refractivity contribution is 0.250. The van der Waals surface area contributed by atoms with Gasteiger partial charge in [-0.25, -0.2) is 9.00 Å². The van der Waals surface area contributed by atoms with Crippen molar-refractivity contribution in [1.29, 1.82) is 0 Å². The monoisotopic (exact) mass is 184 g/mol. The van der Waals surface area contributed by atoms with Crippen molar-refractivity contribution in [2.24, 2.45) is 4.36 Å². The molecule has 1 aliphatic heterocycles. The highest BCUT2D eigenvalue weighted by atomic mass is 32.2. The first-order valence-corrected chi connectivity index (χ1v) is 5.58. The Labute approximate surface area is 70.4 Å². The molecule has 12 heavy (non-hydrogen) atoms. The van der Waals surface area contributed by atoms with Crippen LogP contribution in [0.5, 0.6) is 0 Å². The molecule has 1 amide bonds. The zero-order valence-electron chi connectivity index (χ0n) is 6.56. The molecule has 2 rings (SSSR count). The average molecular weight is 184 g/mol. The Morgan fingerprint density at radius 3 is 3.17 bits per heavy atom. The molecule has 64 valence electrons. The van der Waals surface area contributed by atoms with Gasteiger partial charge in [0.25, 0.3) is 0 Å². The molecule has 0 spiro atoms. The summed E-state index contributed by atoms with van der Waals surface area (Å²) in [5, 5.41) is 0. The fraction of sp³-hybridized carbons (Fsp3) is 0.286. The van der Waals surface area contributed by atoms with E-state index in [0.717, 1.165) is 5.69 Å². The van der Waals surface area contributed by atoms with E-state index in [1.54, 1.807) is 18.3 Å². The van der Waals surface area contributed by atoms with Crippen LogP contribution in [0, 0.1) is 0 Å². The summed E-state index contributed by atoms with van der Waals surface area (Å²) in [6.45, 7) is 0. The van der Waals surface area contributed by atoms with E-state index in [1.807, 2.05) is 0 Å². The molecule has 1 aromatic rings. The van der Waals surface area contributed by atoms with Crippen LogP contribution in [-0.4, -0.2) is 21.1 Å². The fourth-order valence-electron chi connectivity index (χ4n) is 1.24. The molecular formula is C7H8N2O2S. The Morgan fingerprint density at radius 1 is 1.67 bits per heavy atom. The van der Waals surface area contributed by atoms with E-state index < -0.39 is 15.8 Å². The number of carbonyl (C=O) groups excluding carboxylic acids is 1. The van der Waals surface area contributed by atoms with Crippen LogP contribution in [-0.2, 0) is 15.5 Å². The van der Waals surface area contributed by atoms with Crippen molar-refractivity contribution < 1.29 is 9.00 Å². The third-order valence-electron chi connectivity index (χ3n) is 1.73. The van der Waals surface area contributed by atoms with Crippen LogP contribution >= 0.6 is 0 Å². The van der Waals surface area contributed by atoms with Gasteiger partial charge in [0, 0.05) is 18.1 Å². The summed E-state index contributed by atoms with van der Waals surface area (Å²) >= 11 is 0. The zero-order valence-corrected chi connectivity index (χ0v) is 7.37. The molecule has 4 nitrogen and oxygen atoms in total. The fourth-order valence-corrected chi connectivity index (χ4v) is 2.50. The van der Waals surface area contributed by atoms with E-state index in [4.69, 9.17) is 0 Å². The molecule has 1 atom stereocenters. The second kappa shape index (κ2) is 2.20. The first-order valence-electron chi connectivity index (χ1n) is 3.49. The number of aromatic nitrogens is 1. The van der Waals surface area contributed by atoms with Gasteiger partial charge in [0.2, 0.25) is 0 Å². The van der Waals surface area contributed by atoms with E-state index in [2.05, 4.69) is 4.36 Å². The minimum absolute atomic E-state index is 0.367. The number of nitrogens with zero attached hydrogens (tertiary/aromatic N) is 2. The molecule has 0 radical (unpaired) electrons. The molecule has 1 unspecified atom stereocenters. The van der Waals surface area contributed by atoms with E-state index in [-0.39, 0.29) is 0 Å². The normalized spacial score (nSPS) is 27.9. The van der Waals surface area contributed by atoms with Gasteiger partial charge in [0.1, 0.15) is 0 Å². The number of rotatable bonds is 0. The molecule has 5 heteroatoms. The van der Waals surface area contributed by atoms with Crippen LogP contribution in [0.1, 0.15) is 5.69 Å². The summed E-state index contributed by atoms with van der Waals surface area (Å²) in [7, 11) is -2.31. The number of hydrogen-bond acceptors (Lipinski definition) is 2. The molecule has 0 bridgehead atoms. The second-order valence-corrected chi connectivity index (χ2v) is 5.24. The Kier molecular flexibility index (Phi) is 1.38. The Bertz CT molecular complexity index is 452. The van der Waals surface area contributed by atoms with Gasteiger partial charge in [0.15, 0.2) is 0 Å². The lowest BCUT2D eigenvalue weighted by atomic mass is 10.5. The number of carbonyl (C=O) groups is 1. The van der Waals surface area contributed by atoms with Crippen molar-refractivity contribution in [3.05, 3.63) is 24.0 Å².